The first-order chi connectivity index (χ1) is 9.42. The number of nitrogens with two attached hydrogens (primary N) is 1. The molecule has 0 atom stereocenters. The first kappa shape index (κ1) is 14.6. The first-order valence-corrected chi connectivity index (χ1v) is 7.40. The molecule has 106 valence electrons. The van der Waals surface area contributed by atoms with E-state index >= 15 is 0 Å². The third-order valence-corrected chi connectivity index (χ3v) is 4.15. The molecule has 0 saturated carbocycles. The van der Waals surface area contributed by atoms with Gasteiger partial charge in [-0.25, -0.2) is 13.1 Å². The molecule has 0 saturated heterocycles. The number of hydrogen-bond donors (Lipinski definition) is 2. The lowest BCUT2D eigenvalue weighted by Gasteiger charge is -2.09. The topological polar surface area (TPSA) is 94.3 Å². The van der Waals surface area contributed by atoms with Gasteiger partial charge in [-0.15, -0.1) is 0 Å². The molecular weight excluding hydrogens is 302 g/mol. The average molecular weight is 314 g/mol. The molecule has 1 aromatic heterocycles. The minimum absolute atomic E-state index is 0.00318. The number of aromatic nitrogens is 1. The van der Waals surface area contributed by atoms with Crippen molar-refractivity contribution >= 4 is 27.3 Å². The molecular formula is C12H12ClN3O3S. The number of halogens is 1. The van der Waals surface area contributed by atoms with Gasteiger partial charge in [0.05, 0.1) is 16.9 Å². The van der Waals surface area contributed by atoms with E-state index < -0.39 is 10.0 Å². The normalized spacial score (nSPS) is 11.3. The van der Waals surface area contributed by atoms with Crippen LogP contribution in [-0.4, -0.2) is 20.4 Å². The van der Waals surface area contributed by atoms with E-state index in [1.54, 1.807) is 6.07 Å². The van der Waals surface area contributed by atoms with E-state index in [4.69, 9.17) is 22.1 Å². The van der Waals surface area contributed by atoms with Crippen LogP contribution in [0.15, 0.2) is 41.6 Å². The van der Waals surface area contributed by atoms with Crippen LogP contribution in [0.2, 0.25) is 5.02 Å². The molecule has 3 N–H and O–H groups in total. The summed E-state index contributed by atoms with van der Waals surface area (Å²) in [5, 5.41) is 0.435. The third-order valence-electron chi connectivity index (χ3n) is 2.45. The highest BCUT2D eigenvalue weighted by Gasteiger charge is 2.15. The Balaban J connectivity index is 2.30. The standard InChI is InChI=1S/C12H12ClN3O3S/c1-15-20(17,18)12-3-2-9(5-11(12)14)19-10-4-8(13)6-16-7-10/h2-7,15H,14H2,1H3. The number of hydrogen-bond acceptors (Lipinski definition) is 5. The molecule has 1 heterocycles. The number of rotatable bonds is 4. The number of sulfonamides is 1. The van der Waals surface area contributed by atoms with Gasteiger partial charge in [-0.05, 0) is 19.2 Å². The lowest BCUT2D eigenvalue weighted by atomic mass is 10.3. The summed E-state index contributed by atoms with van der Waals surface area (Å²) < 4.78 is 31.1. The second-order valence-electron chi connectivity index (χ2n) is 3.85. The third kappa shape index (κ3) is 3.19. The van der Waals surface area contributed by atoms with Gasteiger partial charge in [-0.1, -0.05) is 11.6 Å². The highest BCUT2D eigenvalue weighted by molar-refractivity contribution is 7.89. The van der Waals surface area contributed by atoms with Crippen molar-refractivity contribution in [3.8, 4) is 11.5 Å². The van der Waals surface area contributed by atoms with Crippen LogP contribution in [0, 0.1) is 0 Å². The van der Waals surface area contributed by atoms with Gasteiger partial charge >= 0.3 is 0 Å². The molecule has 0 aliphatic heterocycles. The van der Waals surface area contributed by atoms with Crippen molar-refractivity contribution in [1.82, 2.24) is 9.71 Å². The van der Waals surface area contributed by atoms with Gasteiger partial charge in [0, 0.05) is 18.3 Å². The van der Waals surface area contributed by atoms with Crippen molar-refractivity contribution in [3.05, 3.63) is 41.7 Å². The zero-order valence-electron chi connectivity index (χ0n) is 10.5. The number of ether oxygens (including phenoxy) is 1. The molecule has 8 heteroatoms. The zero-order chi connectivity index (χ0) is 14.8. The van der Waals surface area contributed by atoms with Crippen LogP contribution >= 0.6 is 11.6 Å². The van der Waals surface area contributed by atoms with Crippen molar-refractivity contribution in [2.45, 2.75) is 4.90 Å². The largest absolute Gasteiger partial charge is 0.456 e. The van der Waals surface area contributed by atoms with Crippen molar-refractivity contribution in [2.24, 2.45) is 0 Å². The van der Waals surface area contributed by atoms with Gasteiger partial charge in [0.25, 0.3) is 0 Å². The fourth-order valence-corrected chi connectivity index (χ4v) is 2.53. The Hall–Kier alpha value is -1.83. The van der Waals surface area contributed by atoms with Crippen molar-refractivity contribution in [2.75, 3.05) is 12.8 Å². The summed E-state index contributed by atoms with van der Waals surface area (Å²) in [5.74, 6) is 0.822. The predicted octanol–water partition coefficient (Wildman–Crippen LogP) is 2.02. The Bertz CT molecular complexity index is 734. The quantitative estimate of drug-likeness (QED) is 0.842. The van der Waals surface area contributed by atoms with Crippen LogP contribution < -0.4 is 15.2 Å². The SMILES string of the molecule is CNS(=O)(=O)c1ccc(Oc2cncc(Cl)c2)cc1N. The molecule has 0 unspecified atom stereocenters. The van der Waals surface area contributed by atoms with E-state index in [-0.39, 0.29) is 10.6 Å². The van der Waals surface area contributed by atoms with Crippen molar-refractivity contribution in [1.29, 1.82) is 0 Å². The van der Waals surface area contributed by atoms with Crippen molar-refractivity contribution < 1.29 is 13.2 Å². The Labute approximate surface area is 121 Å². The highest BCUT2D eigenvalue weighted by atomic mass is 35.5. The van der Waals surface area contributed by atoms with Gasteiger partial charge in [0.1, 0.15) is 16.4 Å². The molecule has 0 radical (unpaired) electrons. The van der Waals surface area contributed by atoms with Crippen LogP contribution in [0.25, 0.3) is 0 Å². The summed E-state index contributed by atoms with van der Waals surface area (Å²) >= 11 is 5.79. The average Bonchev–Trinajstić information content (AvgIpc) is 2.38. The molecule has 0 spiro atoms. The smallest absolute Gasteiger partial charge is 0.242 e. The van der Waals surface area contributed by atoms with E-state index in [9.17, 15) is 8.42 Å². The monoisotopic (exact) mass is 313 g/mol. The molecule has 2 rings (SSSR count). The van der Waals surface area contributed by atoms with Crippen LogP contribution in [-0.2, 0) is 10.0 Å². The maximum absolute atomic E-state index is 11.7. The summed E-state index contributed by atoms with van der Waals surface area (Å²) in [4.78, 5) is 3.88. The van der Waals surface area contributed by atoms with Crippen LogP contribution in [0.5, 0.6) is 11.5 Å². The Kier molecular flexibility index (Phi) is 4.12. The minimum atomic E-state index is -3.59. The number of benzene rings is 1. The van der Waals surface area contributed by atoms with E-state index in [1.807, 2.05) is 0 Å². The number of nitrogens with zero attached hydrogens (tertiary/aromatic N) is 1. The zero-order valence-corrected chi connectivity index (χ0v) is 12.1. The first-order valence-electron chi connectivity index (χ1n) is 5.54. The lowest BCUT2D eigenvalue weighted by molar-refractivity contribution is 0.480. The molecule has 0 aliphatic rings. The minimum Gasteiger partial charge on any atom is -0.456 e. The lowest BCUT2D eigenvalue weighted by Crippen LogP contribution is -2.19. The number of nitrogen functional groups attached to an aromatic ring is 1. The second-order valence-corrected chi connectivity index (χ2v) is 6.14. The van der Waals surface area contributed by atoms with E-state index in [0.717, 1.165) is 0 Å². The molecule has 0 bridgehead atoms. The summed E-state index contributed by atoms with van der Waals surface area (Å²) in [6.07, 6.45) is 2.96. The molecule has 6 nitrogen and oxygen atoms in total. The van der Waals surface area contributed by atoms with E-state index in [1.165, 1.54) is 37.6 Å². The maximum Gasteiger partial charge on any atom is 0.242 e. The summed E-state index contributed by atoms with van der Waals surface area (Å²) in [7, 11) is -2.27. The van der Waals surface area contributed by atoms with Crippen LogP contribution in [0.3, 0.4) is 0 Å². The van der Waals surface area contributed by atoms with Gasteiger partial charge in [-0.2, -0.15) is 0 Å². The Morgan fingerprint density at radius 3 is 2.60 bits per heavy atom. The fraction of sp³-hybridized carbons (Fsp3) is 0.0833. The summed E-state index contributed by atoms with van der Waals surface area (Å²) in [6.45, 7) is 0. The van der Waals surface area contributed by atoms with E-state index in [2.05, 4.69) is 9.71 Å². The van der Waals surface area contributed by atoms with Crippen LogP contribution in [0.1, 0.15) is 0 Å². The van der Waals surface area contributed by atoms with Gasteiger partial charge in [0.2, 0.25) is 10.0 Å². The summed E-state index contributed by atoms with van der Waals surface area (Å²) in [5.41, 5.74) is 5.82. The molecule has 0 aliphatic carbocycles. The molecule has 2 aromatic rings. The molecule has 0 amide bonds. The maximum atomic E-state index is 11.7. The second kappa shape index (κ2) is 5.66. The highest BCUT2D eigenvalue weighted by Crippen LogP contribution is 2.28. The van der Waals surface area contributed by atoms with Gasteiger partial charge < -0.3 is 10.5 Å². The van der Waals surface area contributed by atoms with Crippen molar-refractivity contribution in [3.63, 3.8) is 0 Å². The molecule has 20 heavy (non-hydrogen) atoms. The van der Waals surface area contributed by atoms with Crippen LogP contribution in [0.4, 0.5) is 5.69 Å². The number of anilines is 1. The number of nitrogens with one attached hydrogen (secondary N) is 1. The Morgan fingerprint density at radius 2 is 2.00 bits per heavy atom. The molecule has 0 fully saturated rings. The number of pyridine rings is 1. The molecule has 1 aromatic carbocycles. The van der Waals surface area contributed by atoms with Gasteiger partial charge in [0.15, 0.2) is 0 Å². The Morgan fingerprint density at radius 1 is 1.25 bits per heavy atom. The fourth-order valence-electron chi connectivity index (χ4n) is 1.53. The van der Waals surface area contributed by atoms with E-state index in [0.29, 0.717) is 16.5 Å². The van der Waals surface area contributed by atoms with Gasteiger partial charge in [-0.3, -0.25) is 4.98 Å². The predicted molar refractivity (Wildman–Crippen MR) is 76.4 cm³/mol. The summed E-state index contributed by atoms with van der Waals surface area (Å²) in [6, 6.07) is 5.88.